The molecule has 0 aliphatic heterocycles. The van der Waals surface area contributed by atoms with Crippen molar-refractivity contribution in [2.24, 2.45) is 5.73 Å². The molecule has 0 spiro atoms. The summed E-state index contributed by atoms with van der Waals surface area (Å²) in [7, 11) is 0. The number of halogens is 2. The van der Waals surface area contributed by atoms with Crippen LogP contribution in [0, 0.1) is 0 Å². The monoisotopic (exact) mass is 275 g/mol. The largest absolute Gasteiger partial charge is 0.393 e. The quantitative estimate of drug-likeness (QED) is 0.827. The summed E-state index contributed by atoms with van der Waals surface area (Å²) >= 11 is 9.44. The highest BCUT2D eigenvalue weighted by Gasteiger charge is 2.42. The minimum Gasteiger partial charge on any atom is -0.393 e. The Balaban J connectivity index is 2.36. The van der Waals surface area contributed by atoms with Gasteiger partial charge in [0.05, 0.1) is 6.10 Å². The first kappa shape index (κ1) is 10.4. The fourth-order valence-corrected chi connectivity index (χ4v) is 2.55. The van der Waals surface area contributed by atoms with Gasteiger partial charge in [0.25, 0.3) is 0 Å². The number of aliphatic hydroxyl groups excluding tert-OH is 1. The van der Waals surface area contributed by atoms with Crippen LogP contribution in [0.5, 0.6) is 0 Å². The number of benzene rings is 1. The first-order valence-corrected chi connectivity index (χ1v) is 5.61. The smallest absolute Gasteiger partial charge is 0.0582 e. The highest BCUT2D eigenvalue weighted by molar-refractivity contribution is 9.10. The van der Waals surface area contributed by atoms with Gasteiger partial charge in [-0.1, -0.05) is 27.5 Å². The first-order valence-electron chi connectivity index (χ1n) is 4.44. The van der Waals surface area contributed by atoms with Gasteiger partial charge in [0.15, 0.2) is 0 Å². The summed E-state index contributed by atoms with van der Waals surface area (Å²) in [6.45, 7) is 0. The van der Waals surface area contributed by atoms with Gasteiger partial charge in [-0.3, -0.25) is 0 Å². The molecule has 1 aromatic carbocycles. The van der Waals surface area contributed by atoms with Gasteiger partial charge in [0, 0.05) is 15.0 Å². The van der Waals surface area contributed by atoms with E-state index < -0.39 is 5.54 Å². The van der Waals surface area contributed by atoms with E-state index >= 15 is 0 Å². The predicted molar refractivity (Wildman–Crippen MR) is 60.3 cm³/mol. The maximum atomic E-state index is 9.27. The van der Waals surface area contributed by atoms with Gasteiger partial charge in [-0.05, 0) is 36.6 Å². The molecule has 4 heteroatoms. The van der Waals surface area contributed by atoms with Crippen LogP contribution in [-0.4, -0.2) is 11.2 Å². The molecule has 1 aromatic rings. The van der Waals surface area contributed by atoms with Gasteiger partial charge in [-0.25, -0.2) is 0 Å². The average molecular weight is 277 g/mol. The molecule has 76 valence electrons. The number of hydrogen-bond donors (Lipinski definition) is 2. The zero-order valence-electron chi connectivity index (χ0n) is 7.50. The molecule has 1 aliphatic rings. The topological polar surface area (TPSA) is 46.2 Å². The molecule has 3 N–H and O–H groups in total. The maximum absolute atomic E-state index is 9.27. The van der Waals surface area contributed by atoms with E-state index in [1.165, 1.54) is 0 Å². The molecule has 0 bridgehead atoms. The molecular weight excluding hydrogens is 265 g/mol. The standard InChI is InChI=1S/C10H11BrClNO/c11-6-1-2-9(12)8(3-6)10(13)4-7(14)5-10/h1-3,7,14H,4-5,13H2. The third-order valence-electron chi connectivity index (χ3n) is 2.66. The summed E-state index contributed by atoms with van der Waals surface area (Å²) in [5, 5.41) is 9.94. The van der Waals surface area contributed by atoms with Gasteiger partial charge in [-0.2, -0.15) is 0 Å². The third kappa shape index (κ3) is 1.70. The lowest BCUT2D eigenvalue weighted by atomic mass is 9.70. The SMILES string of the molecule is NC1(c2cc(Br)ccc2Cl)CC(O)C1. The summed E-state index contributed by atoms with van der Waals surface area (Å²) in [4.78, 5) is 0. The molecule has 1 fully saturated rings. The highest BCUT2D eigenvalue weighted by atomic mass is 79.9. The lowest BCUT2D eigenvalue weighted by Gasteiger charge is -2.43. The maximum Gasteiger partial charge on any atom is 0.0582 e. The second-order valence-electron chi connectivity index (χ2n) is 3.84. The van der Waals surface area contributed by atoms with Crippen molar-refractivity contribution in [2.45, 2.75) is 24.5 Å². The number of hydrogen-bond acceptors (Lipinski definition) is 2. The van der Waals surface area contributed by atoms with Crippen molar-refractivity contribution in [3.05, 3.63) is 33.3 Å². The van der Waals surface area contributed by atoms with Crippen molar-refractivity contribution in [2.75, 3.05) is 0 Å². The first-order chi connectivity index (χ1) is 6.51. The molecule has 0 unspecified atom stereocenters. The van der Waals surface area contributed by atoms with Crippen molar-refractivity contribution in [1.29, 1.82) is 0 Å². The summed E-state index contributed by atoms with van der Waals surface area (Å²) < 4.78 is 0.961. The van der Waals surface area contributed by atoms with E-state index in [0.29, 0.717) is 17.9 Å². The van der Waals surface area contributed by atoms with Crippen molar-refractivity contribution < 1.29 is 5.11 Å². The van der Waals surface area contributed by atoms with Crippen molar-refractivity contribution >= 4 is 27.5 Å². The van der Waals surface area contributed by atoms with Crippen LogP contribution in [0.25, 0.3) is 0 Å². The number of rotatable bonds is 1. The van der Waals surface area contributed by atoms with E-state index in [1.807, 2.05) is 18.2 Å². The van der Waals surface area contributed by atoms with Crippen LogP contribution in [0.4, 0.5) is 0 Å². The summed E-state index contributed by atoms with van der Waals surface area (Å²) in [6, 6.07) is 5.62. The lowest BCUT2D eigenvalue weighted by molar-refractivity contribution is 0.0210. The number of aliphatic hydroxyl groups is 1. The molecule has 2 rings (SSSR count). The van der Waals surface area contributed by atoms with Crippen molar-refractivity contribution in [3.63, 3.8) is 0 Å². The van der Waals surface area contributed by atoms with Gasteiger partial charge >= 0.3 is 0 Å². The van der Waals surface area contributed by atoms with Gasteiger partial charge < -0.3 is 10.8 Å². The highest BCUT2D eigenvalue weighted by Crippen LogP contribution is 2.42. The molecule has 1 saturated carbocycles. The summed E-state index contributed by atoms with van der Waals surface area (Å²) in [6.07, 6.45) is 0.891. The fraction of sp³-hybridized carbons (Fsp3) is 0.400. The summed E-state index contributed by atoms with van der Waals surface area (Å²) in [5.74, 6) is 0. The van der Waals surface area contributed by atoms with Crippen LogP contribution in [0.3, 0.4) is 0 Å². The van der Waals surface area contributed by atoms with Crippen LogP contribution in [0.15, 0.2) is 22.7 Å². The Bertz CT molecular complexity index is 363. The normalized spacial score (nSPS) is 31.3. The van der Waals surface area contributed by atoms with Crippen LogP contribution in [0.1, 0.15) is 18.4 Å². The average Bonchev–Trinajstić information content (AvgIpc) is 2.07. The van der Waals surface area contributed by atoms with Crippen LogP contribution >= 0.6 is 27.5 Å². The Kier molecular flexibility index (Phi) is 2.60. The van der Waals surface area contributed by atoms with E-state index in [9.17, 15) is 5.11 Å². The van der Waals surface area contributed by atoms with Gasteiger partial charge in [0.2, 0.25) is 0 Å². The Morgan fingerprint density at radius 1 is 1.50 bits per heavy atom. The fourth-order valence-electron chi connectivity index (χ4n) is 1.88. The molecule has 2 nitrogen and oxygen atoms in total. The second-order valence-corrected chi connectivity index (χ2v) is 5.17. The Hall–Kier alpha value is -0.0900. The zero-order chi connectivity index (χ0) is 10.3. The Labute approximate surface area is 96.2 Å². The molecule has 0 aromatic heterocycles. The number of nitrogens with two attached hydrogens (primary N) is 1. The van der Waals surface area contributed by atoms with Crippen LogP contribution in [-0.2, 0) is 5.54 Å². The molecule has 14 heavy (non-hydrogen) atoms. The van der Waals surface area contributed by atoms with E-state index in [-0.39, 0.29) is 6.10 Å². The van der Waals surface area contributed by atoms with Gasteiger partial charge in [0.1, 0.15) is 0 Å². The lowest BCUT2D eigenvalue weighted by Crippen LogP contribution is -2.51. The minimum absolute atomic E-state index is 0.282. The molecule has 0 heterocycles. The van der Waals surface area contributed by atoms with Crippen molar-refractivity contribution in [1.82, 2.24) is 0 Å². The van der Waals surface area contributed by atoms with Crippen LogP contribution < -0.4 is 5.73 Å². The molecule has 0 atom stereocenters. The van der Waals surface area contributed by atoms with E-state index in [4.69, 9.17) is 17.3 Å². The molecule has 0 saturated heterocycles. The summed E-state index contributed by atoms with van der Waals surface area (Å²) in [5.41, 5.74) is 6.59. The molecule has 1 aliphatic carbocycles. The van der Waals surface area contributed by atoms with Crippen LogP contribution in [0.2, 0.25) is 5.02 Å². The second kappa shape index (κ2) is 3.49. The van der Waals surface area contributed by atoms with Crippen molar-refractivity contribution in [3.8, 4) is 0 Å². The van der Waals surface area contributed by atoms with Gasteiger partial charge in [-0.15, -0.1) is 0 Å². The van der Waals surface area contributed by atoms with E-state index in [2.05, 4.69) is 15.9 Å². The zero-order valence-corrected chi connectivity index (χ0v) is 9.85. The molecular formula is C10H11BrClNO. The Morgan fingerprint density at radius 2 is 2.14 bits per heavy atom. The predicted octanol–water partition coefficient (Wildman–Crippen LogP) is 2.41. The van der Waals surface area contributed by atoms with E-state index in [0.717, 1.165) is 10.0 Å². The third-order valence-corrected chi connectivity index (χ3v) is 3.49. The van der Waals surface area contributed by atoms with E-state index in [1.54, 1.807) is 0 Å². The minimum atomic E-state index is -0.444. The molecule has 0 radical (unpaired) electrons. The Morgan fingerprint density at radius 3 is 2.71 bits per heavy atom. The molecule has 0 amide bonds.